The largest absolute Gasteiger partial charge is 0.394 e. The summed E-state index contributed by atoms with van der Waals surface area (Å²) in [6.07, 6.45) is 3.52. The number of amides is 4. The summed E-state index contributed by atoms with van der Waals surface area (Å²) in [4.78, 5) is 88.7. The van der Waals surface area contributed by atoms with Gasteiger partial charge < -0.3 is 50.7 Å². The van der Waals surface area contributed by atoms with Crippen molar-refractivity contribution in [1.82, 2.24) is 25.5 Å². The van der Waals surface area contributed by atoms with Crippen molar-refractivity contribution in [3.63, 3.8) is 0 Å². The van der Waals surface area contributed by atoms with Crippen LogP contribution in [0.3, 0.4) is 0 Å². The number of hydrogen-bond donors (Lipinski definition) is 6. The van der Waals surface area contributed by atoms with E-state index in [1.807, 2.05) is 32.0 Å². The van der Waals surface area contributed by atoms with E-state index >= 15 is 0 Å². The number of aromatic nitrogens is 2. The monoisotopic (exact) mass is 828 g/mol. The van der Waals surface area contributed by atoms with E-state index in [-0.39, 0.29) is 57.1 Å². The average molecular weight is 829 g/mol. The zero-order valence-electron chi connectivity index (χ0n) is 34.8. The third kappa shape index (κ3) is 16.9. The van der Waals surface area contributed by atoms with Crippen molar-refractivity contribution in [1.29, 1.82) is 0 Å². The van der Waals surface area contributed by atoms with Gasteiger partial charge in [0.2, 0.25) is 23.6 Å². The van der Waals surface area contributed by atoms with Gasteiger partial charge in [-0.2, -0.15) is 0 Å². The van der Waals surface area contributed by atoms with Crippen molar-refractivity contribution in [2.75, 3.05) is 46.7 Å². The zero-order chi connectivity index (χ0) is 43.3. The Labute approximate surface area is 346 Å². The standard InChI is InChI=1S/C42H64N6O11/c1-27(2)18-34(37(51)20-30(19-31-23-44-26-45-31)41(55)47-35(25-49)38(52)22-33(28(3)50)40(43)54)46-42(56)36-21-32(24-48(36)39(53)13-15-58-17-16-57-4)59-14-9-8-12-29-10-6-5-7-11-29/h5-7,10-11,23,26-28,30,32-36,49-50H,8-9,12-22,24-25H2,1-4H3,(H2,43,54)(H,44,45)(H,46,56)(H,47,55)/t28-,30-,32-,33+,34+,35+,36+/m1/s1. The molecule has 17 nitrogen and oxygen atoms in total. The van der Waals surface area contributed by atoms with Crippen molar-refractivity contribution in [2.45, 2.75) is 109 Å². The van der Waals surface area contributed by atoms with Crippen LogP contribution in [0, 0.1) is 17.8 Å². The first-order valence-electron chi connectivity index (χ1n) is 20.5. The molecule has 0 radical (unpaired) electrons. The number of ketones is 2. The fraction of sp³-hybridized carbons (Fsp3) is 0.643. The van der Waals surface area contributed by atoms with Crippen LogP contribution in [-0.2, 0) is 55.8 Å². The molecule has 2 heterocycles. The Bertz CT molecular complexity index is 1610. The molecule has 0 bridgehead atoms. The van der Waals surface area contributed by atoms with Crippen molar-refractivity contribution in [3.05, 3.63) is 54.1 Å². The first-order chi connectivity index (χ1) is 28.2. The van der Waals surface area contributed by atoms with Crippen LogP contribution < -0.4 is 16.4 Å². The molecule has 1 aromatic heterocycles. The van der Waals surface area contributed by atoms with E-state index in [0.717, 1.165) is 19.3 Å². The number of ether oxygens (including phenoxy) is 3. The van der Waals surface area contributed by atoms with Crippen LogP contribution in [0.5, 0.6) is 0 Å². The maximum atomic E-state index is 14.1. The van der Waals surface area contributed by atoms with Crippen molar-refractivity contribution >= 4 is 35.2 Å². The van der Waals surface area contributed by atoms with E-state index < -0.39 is 84.5 Å². The summed E-state index contributed by atoms with van der Waals surface area (Å²) in [6, 6.07) is 6.77. The predicted molar refractivity (Wildman–Crippen MR) is 216 cm³/mol. The number of unbranched alkanes of at least 4 members (excludes halogenated alkanes) is 1. The number of H-pyrrole nitrogens is 1. The van der Waals surface area contributed by atoms with Gasteiger partial charge >= 0.3 is 0 Å². The number of carbonyl (C=O) groups excluding carboxylic acids is 6. The molecule has 7 N–H and O–H groups in total. The van der Waals surface area contributed by atoms with Crippen LogP contribution in [-0.4, -0.2) is 137 Å². The minimum atomic E-state index is -1.44. The minimum Gasteiger partial charge on any atom is -0.394 e. The van der Waals surface area contributed by atoms with Crippen LogP contribution in [0.4, 0.5) is 0 Å². The number of primary amides is 1. The van der Waals surface area contributed by atoms with E-state index in [1.165, 1.54) is 29.9 Å². The van der Waals surface area contributed by atoms with Crippen LogP contribution in [0.25, 0.3) is 0 Å². The van der Waals surface area contributed by atoms with E-state index in [2.05, 4.69) is 32.7 Å². The smallest absolute Gasteiger partial charge is 0.243 e. The fourth-order valence-corrected chi connectivity index (χ4v) is 7.02. The number of carbonyl (C=O) groups is 6. The van der Waals surface area contributed by atoms with Gasteiger partial charge in [-0.05, 0) is 44.1 Å². The number of likely N-dealkylation sites (tertiary alicyclic amines) is 1. The first kappa shape index (κ1) is 48.8. The highest BCUT2D eigenvalue weighted by atomic mass is 16.5. The number of aliphatic hydroxyl groups excluding tert-OH is 2. The summed E-state index contributed by atoms with van der Waals surface area (Å²) in [6.45, 7) is 5.77. The van der Waals surface area contributed by atoms with Gasteiger partial charge in [-0.25, -0.2) is 4.98 Å². The number of methoxy groups -OCH3 is 1. The van der Waals surface area contributed by atoms with Crippen LogP contribution in [0.1, 0.15) is 77.0 Å². The van der Waals surface area contributed by atoms with Gasteiger partial charge in [0.05, 0.1) is 69.3 Å². The van der Waals surface area contributed by atoms with E-state index in [9.17, 15) is 39.0 Å². The van der Waals surface area contributed by atoms with Gasteiger partial charge in [-0.3, -0.25) is 28.8 Å². The number of nitrogens with zero attached hydrogens (tertiary/aromatic N) is 2. The molecule has 59 heavy (non-hydrogen) atoms. The molecule has 0 saturated carbocycles. The summed E-state index contributed by atoms with van der Waals surface area (Å²) in [5.74, 6) is -5.97. The number of aliphatic hydroxyl groups is 2. The quantitative estimate of drug-likeness (QED) is 0.0630. The molecule has 7 atom stereocenters. The second-order valence-electron chi connectivity index (χ2n) is 15.6. The predicted octanol–water partition coefficient (Wildman–Crippen LogP) is 1.04. The molecule has 3 rings (SSSR count). The molecule has 1 aromatic carbocycles. The number of hydrogen-bond acceptors (Lipinski definition) is 12. The van der Waals surface area contributed by atoms with Crippen molar-refractivity contribution in [3.8, 4) is 0 Å². The molecule has 2 aromatic rings. The van der Waals surface area contributed by atoms with Crippen LogP contribution >= 0.6 is 0 Å². The second kappa shape index (κ2) is 25.8. The lowest BCUT2D eigenvalue weighted by molar-refractivity contribution is -0.140. The Morgan fingerprint density at radius 1 is 0.966 bits per heavy atom. The van der Waals surface area contributed by atoms with Crippen molar-refractivity contribution < 1.29 is 53.2 Å². The molecule has 0 spiro atoms. The molecule has 0 aliphatic carbocycles. The molecular weight excluding hydrogens is 764 g/mol. The summed E-state index contributed by atoms with van der Waals surface area (Å²) in [5, 5.41) is 25.3. The molecule has 1 aliphatic heterocycles. The number of rotatable bonds is 29. The molecule has 328 valence electrons. The maximum absolute atomic E-state index is 14.1. The third-order valence-corrected chi connectivity index (χ3v) is 10.3. The Kier molecular flexibility index (Phi) is 21.4. The highest BCUT2D eigenvalue weighted by molar-refractivity contribution is 5.96. The minimum absolute atomic E-state index is 0.00552. The fourth-order valence-electron chi connectivity index (χ4n) is 7.02. The number of benzene rings is 1. The van der Waals surface area contributed by atoms with E-state index in [1.54, 1.807) is 7.11 Å². The third-order valence-electron chi connectivity index (χ3n) is 10.3. The molecule has 1 saturated heterocycles. The Hall–Kier alpha value is -4.55. The van der Waals surface area contributed by atoms with E-state index in [4.69, 9.17) is 19.9 Å². The average Bonchev–Trinajstić information content (AvgIpc) is 3.88. The lowest BCUT2D eigenvalue weighted by atomic mass is 9.89. The lowest BCUT2D eigenvalue weighted by Crippen LogP contribution is -2.52. The zero-order valence-corrected chi connectivity index (χ0v) is 34.8. The van der Waals surface area contributed by atoms with Crippen molar-refractivity contribution in [2.24, 2.45) is 23.5 Å². The summed E-state index contributed by atoms with van der Waals surface area (Å²) >= 11 is 0. The Morgan fingerprint density at radius 2 is 1.69 bits per heavy atom. The van der Waals surface area contributed by atoms with Crippen LogP contribution in [0.15, 0.2) is 42.9 Å². The van der Waals surface area contributed by atoms with Crippen LogP contribution in [0.2, 0.25) is 0 Å². The van der Waals surface area contributed by atoms with Gasteiger partial charge in [0.15, 0.2) is 11.6 Å². The first-order valence-corrected chi connectivity index (χ1v) is 20.5. The van der Waals surface area contributed by atoms with Gasteiger partial charge in [-0.1, -0.05) is 44.2 Å². The van der Waals surface area contributed by atoms with Gasteiger partial charge in [0.25, 0.3) is 0 Å². The number of imidazole rings is 1. The van der Waals surface area contributed by atoms with Gasteiger partial charge in [-0.15, -0.1) is 0 Å². The molecule has 4 amide bonds. The summed E-state index contributed by atoms with van der Waals surface area (Å²) < 4.78 is 16.7. The Morgan fingerprint density at radius 3 is 2.32 bits per heavy atom. The number of aryl methyl sites for hydroxylation is 1. The summed E-state index contributed by atoms with van der Waals surface area (Å²) in [7, 11) is 1.55. The SMILES string of the molecule is COCCOCCC(=O)N1C[C@H](OCCCCc2ccccc2)C[C@H]1C(=O)N[C@@H](CC(C)C)C(=O)C[C@@H](Cc1cnc[nH]1)C(=O)N[C@@H](CO)C(=O)C[C@H](C(N)=O)[C@@H](C)O. The lowest BCUT2D eigenvalue weighted by Gasteiger charge is -2.28. The topological polar surface area (TPSA) is 253 Å². The van der Waals surface area contributed by atoms with Gasteiger partial charge in [0.1, 0.15) is 12.1 Å². The molecular formula is C42H64N6O11. The number of Topliss-reactive ketones (excluding diaryl/α,β-unsaturated/α-hetero) is 2. The molecule has 1 aliphatic rings. The second-order valence-corrected chi connectivity index (χ2v) is 15.6. The number of nitrogens with one attached hydrogen (secondary N) is 3. The highest BCUT2D eigenvalue weighted by Crippen LogP contribution is 2.24. The van der Waals surface area contributed by atoms with E-state index in [0.29, 0.717) is 25.5 Å². The number of aromatic amines is 1. The normalized spacial score (nSPS) is 17.8. The summed E-state index contributed by atoms with van der Waals surface area (Å²) in [5.41, 5.74) is 7.10. The Balaban J connectivity index is 1.74. The number of nitrogens with two attached hydrogens (primary N) is 1. The highest BCUT2D eigenvalue weighted by Gasteiger charge is 2.41. The molecule has 0 unspecified atom stereocenters. The van der Waals surface area contributed by atoms with Gasteiger partial charge in [0, 0.05) is 57.8 Å². The maximum Gasteiger partial charge on any atom is 0.243 e. The molecule has 17 heteroatoms. The molecule has 1 fully saturated rings.